The van der Waals surface area contributed by atoms with E-state index in [2.05, 4.69) is 52.5 Å². The first kappa shape index (κ1) is 37.0. The van der Waals surface area contributed by atoms with Gasteiger partial charge in [0.2, 0.25) is 7.44 Å². The number of ether oxygens (including phenoxy) is 3. The third kappa shape index (κ3) is 10.8. The van der Waals surface area contributed by atoms with Crippen molar-refractivity contribution in [3.63, 3.8) is 0 Å². The fourth-order valence-corrected chi connectivity index (χ4v) is 7.35. The minimum Gasteiger partial charge on any atom is -0.461 e. The van der Waals surface area contributed by atoms with Gasteiger partial charge in [-0.25, -0.2) is 15.0 Å². The Morgan fingerprint density at radius 2 is 1.74 bits per heavy atom. The molecule has 3 atom stereocenters. The van der Waals surface area contributed by atoms with Crippen LogP contribution in [0.5, 0.6) is 6.01 Å². The SMILES string of the molecule is C=C(CC(C)(C)C)C(C)NP(=O)(Cc1cccc(Cn2c(=O)[nH]c3c(N)nc(OCCOC)nc32)c1)NC(C)C(=O)OC(C)(C)C. The maximum absolute atomic E-state index is 14.6. The molecule has 0 fully saturated rings. The molecule has 0 aliphatic carbocycles. The summed E-state index contributed by atoms with van der Waals surface area (Å²) < 4.78 is 32.1. The van der Waals surface area contributed by atoms with Gasteiger partial charge in [0.25, 0.3) is 0 Å². The van der Waals surface area contributed by atoms with E-state index in [-0.39, 0.29) is 42.6 Å². The fourth-order valence-electron chi connectivity index (χ4n) is 4.85. The molecule has 0 saturated carbocycles. The van der Waals surface area contributed by atoms with Crippen molar-refractivity contribution in [1.82, 2.24) is 29.7 Å². The smallest absolute Gasteiger partial charge is 0.328 e. The molecule has 254 valence electrons. The second kappa shape index (κ2) is 14.9. The van der Waals surface area contributed by atoms with Crippen LogP contribution in [0.2, 0.25) is 0 Å². The van der Waals surface area contributed by atoms with Crippen molar-refractivity contribution in [2.24, 2.45) is 5.41 Å². The van der Waals surface area contributed by atoms with Crippen molar-refractivity contribution in [3.8, 4) is 6.01 Å². The second-order valence-electron chi connectivity index (χ2n) is 13.8. The van der Waals surface area contributed by atoms with Gasteiger partial charge in [-0.2, -0.15) is 9.97 Å². The molecule has 1 aromatic carbocycles. The highest BCUT2D eigenvalue weighted by molar-refractivity contribution is 7.59. The molecule has 3 unspecified atom stereocenters. The van der Waals surface area contributed by atoms with E-state index >= 15 is 0 Å². The number of nitrogens with zero attached hydrogens (tertiary/aromatic N) is 3. The summed E-state index contributed by atoms with van der Waals surface area (Å²) in [7, 11) is -1.91. The molecule has 0 spiro atoms. The predicted octanol–water partition coefficient (Wildman–Crippen LogP) is 4.76. The predicted molar refractivity (Wildman–Crippen MR) is 181 cm³/mol. The molecule has 13 nitrogen and oxygen atoms in total. The first-order chi connectivity index (χ1) is 21.3. The van der Waals surface area contributed by atoms with Crippen LogP contribution in [0.4, 0.5) is 5.82 Å². The Labute approximate surface area is 271 Å². The van der Waals surface area contributed by atoms with Crippen LogP contribution in [0.25, 0.3) is 11.2 Å². The fraction of sp³-hybridized carbons (Fsp3) is 0.562. The van der Waals surface area contributed by atoms with E-state index in [4.69, 9.17) is 19.9 Å². The first-order valence-corrected chi connectivity index (χ1v) is 17.2. The number of nitrogens with one attached hydrogen (secondary N) is 3. The average molecular weight is 660 g/mol. The van der Waals surface area contributed by atoms with E-state index < -0.39 is 30.7 Å². The summed E-state index contributed by atoms with van der Waals surface area (Å²) in [4.78, 5) is 37.1. The van der Waals surface area contributed by atoms with Crippen LogP contribution < -0.4 is 26.3 Å². The zero-order valence-electron chi connectivity index (χ0n) is 28.5. The van der Waals surface area contributed by atoms with E-state index in [0.29, 0.717) is 17.8 Å². The molecule has 5 N–H and O–H groups in total. The van der Waals surface area contributed by atoms with Crippen molar-refractivity contribution in [2.75, 3.05) is 26.1 Å². The number of imidazole rings is 1. The standard InChI is InChI=1S/C32H50N7O6P/c1-20(17-31(4,5)6)21(2)37-46(42,38-22(3)28(40)45-32(7,8)9)19-24-13-11-12-23(16-24)18-39-27-25(34-30(39)41)26(33)35-29(36-27)44-15-14-43-10/h11-13,16,21-22H,1,14-15,17-19H2,2-10H3,(H,34,41)(H2,33,35,36)(H2,37,38,42). The Hall–Kier alpha value is -3.51. The Balaban J connectivity index is 1.91. The number of carbonyl (C=O) groups is 1. The number of rotatable bonds is 15. The third-order valence-corrected chi connectivity index (χ3v) is 9.24. The molecule has 2 aromatic heterocycles. The quantitative estimate of drug-likeness (QED) is 0.0766. The topological polar surface area (TPSA) is 175 Å². The van der Waals surface area contributed by atoms with Gasteiger partial charge in [-0.1, -0.05) is 57.2 Å². The molecule has 0 amide bonds. The number of hydrogen-bond acceptors (Lipinski definition) is 9. The van der Waals surface area contributed by atoms with Crippen molar-refractivity contribution >= 4 is 30.4 Å². The first-order valence-electron chi connectivity index (χ1n) is 15.3. The highest BCUT2D eigenvalue weighted by Gasteiger charge is 2.32. The number of aromatic amines is 1. The summed E-state index contributed by atoms with van der Waals surface area (Å²) in [6.45, 7) is 20.2. The summed E-state index contributed by atoms with van der Waals surface area (Å²) in [5.74, 6) is -0.420. The number of benzene rings is 1. The monoisotopic (exact) mass is 659 g/mol. The number of aromatic nitrogens is 4. The van der Waals surface area contributed by atoms with Gasteiger partial charge in [-0.15, -0.1) is 0 Å². The normalized spacial score (nSPS) is 14.9. The Morgan fingerprint density at radius 3 is 2.37 bits per heavy atom. The van der Waals surface area contributed by atoms with Crippen LogP contribution in [-0.4, -0.2) is 63.5 Å². The average Bonchev–Trinajstić information content (AvgIpc) is 3.22. The van der Waals surface area contributed by atoms with Crippen LogP contribution in [-0.2, 0) is 31.5 Å². The van der Waals surface area contributed by atoms with E-state index in [1.54, 1.807) is 34.8 Å². The number of methoxy groups -OCH3 is 1. The van der Waals surface area contributed by atoms with Crippen molar-refractivity contribution in [3.05, 3.63) is 58.0 Å². The van der Waals surface area contributed by atoms with E-state index in [0.717, 1.165) is 23.1 Å². The maximum Gasteiger partial charge on any atom is 0.328 e. The number of anilines is 1. The van der Waals surface area contributed by atoms with Gasteiger partial charge in [0.05, 0.1) is 19.3 Å². The molecule has 0 bridgehead atoms. The van der Waals surface area contributed by atoms with E-state index in [9.17, 15) is 14.2 Å². The number of H-pyrrole nitrogens is 1. The molecule has 3 aromatic rings. The summed E-state index contributed by atoms with van der Waals surface area (Å²) in [6, 6.07) is 6.29. The zero-order valence-corrected chi connectivity index (χ0v) is 29.4. The molecule has 0 aliphatic heterocycles. The molecule has 0 aliphatic rings. The number of hydrogen-bond donors (Lipinski definition) is 4. The molecule has 3 rings (SSSR count). The van der Waals surface area contributed by atoms with Crippen LogP contribution >= 0.6 is 7.44 Å². The van der Waals surface area contributed by atoms with Crippen LogP contribution in [0.15, 0.2) is 41.2 Å². The Bertz CT molecular complexity index is 1600. The highest BCUT2D eigenvalue weighted by Crippen LogP contribution is 2.43. The molecule has 0 radical (unpaired) electrons. The maximum atomic E-state index is 14.6. The van der Waals surface area contributed by atoms with Gasteiger partial charge >= 0.3 is 17.7 Å². The second-order valence-corrected chi connectivity index (χ2v) is 16.1. The summed E-state index contributed by atoms with van der Waals surface area (Å²) in [5, 5.41) is 6.33. The lowest BCUT2D eigenvalue weighted by Gasteiger charge is -2.31. The molecular weight excluding hydrogens is 609 g/mol. The molecule has 46 heavy (non-hydrogen) atoms. The van der Waals surface area contributed by atoms with Gasteiger partial charge in [-0.05, 0) is 57.6 Å². The summed E-state index contributed by atoms with van der Waals surface area (Å²) >= 11 is 0. The molecule has 0 saturated heterocycles. The summed E-state index contributed by atoms with van der Waals surface area (Å²) in [5.41, 5.74) is 7.97. The van der Waals surface area contributed by atoms with Gasteiger partial charge in [0.15, 0.2) is 11.5 Å². The minimum atomic E-state index is -3.46. The Kier molecular flexibility index (Phi) is 12.0. The number of fused-ring (bicyclic) bond motifs is 1. The van der Waals surface area contributed by atoms with Gasteiger partial charge in [0, 0.05) is 13.2 Å². The van der Waals surface area contributed by atoms with Crippen LogP contribution in [0.3, 0.4) is 0 Å². The molecule has 14 heteroatoms. The minimum absolute atomic E-state index is 0.00451. The number of carbonyl (C=O) groups excluding carboxylic acids is 1. The van der Waals surface area contributed by atoms with E-state index in [1.165, 1.54) is 4.57 Å². The van der Waals surface area contributed by atoms with Crippen molar-refractivity contribution in [1.29, 1.82) is 0 Å². The number of nitrogens with two attached hydrogens (primary N) is 1. The summed E-state index contributed by atoms with van der Waals surface area (Å²) in [6.07, 6.45) is 0.807. The largest absolute Gasteiger partial charge is 0.461 e. The Morgan fingerprint density at radius 1 is 1.09 bits per heavy atom. The zero-order chi connectivity index (χ0) is 34.4. The van der Waals surface area contributed by atoms with Crippen LogP contribution in [0.1, 0.15) is 72.9 Å². The van der Waals surface area contributed by atoms with Crippen LogP contribution in [0, 0.1) is 5.41 Å². The number of nitrogen functional groups attached to an aromatic ring is 1. The highest BCUT2D eigenvalue weighted by atomic mass is 31.2. The van der Waals surface area contributed by atoms with Gasteiger partial charge in [-0.3, -0.25) is 13.9 Å². The van der Waals surface area contributed by atoms with Crippen molar-refractivity contribution in [2.45, 2.75) is 92.2 Å². The van der Waals surface area contributed by atoms with Gasteiger partial charge in [0.1, 0.15) is 23.8 Å². The lowest BCUT2D eigenvalue weighted by atomic mass is 9.86. The lowest BCUT2D eigenvalue weighted by Crippen LogP contribution is -2.42. The third-order valence-electron chi connectivity index (χ3n) is 6.82. The van der Waals surface area contributed by atoms with Crippen molar-refractivity contribution < 1.29 is 23.6 Å². The molecular formula is C32H50N7O6P. The lowest BCUT2D eigenvalue weighted by molar-refractivity contribution is -0.156. The molecule has 2 heterocycles. The van der Waals surface area contributed by atoms with E-state index in [1.807, 2.05) is 31.2 Å². The number of esters is 1. The van der Waals surface area contributed by atoms with Gasteiger partial charge < -0.3 is 24.9 Å².